The quantitative estimate of drug-likeness (QED) is 0.781. The molecular formula is C13H13NS2. The van der Waals surface area contributed by atoms with Crippen LogP contribution in [0.2, 0.25) is 0 Å². The van der Waals surface area contributed by atoms with Crippen LogP contribution < -0.4 is 0 Å². The van der Waals surface area contributed by atoms with Crippen LogP contribution in [0.1, 0.15) is 23.1 Å². The molecule has 82 valence electrons. The fraction of sp³-hybridized carbons (Fsp3) is 0.308. The standard InChI is InChI=1S/C13H13NS2/c1-2-5-10(6-3-1)11-9-16-13(14-11)12-7-4-8-15-12/h1-3,5-6,9,12H,4,7-8H2. The van der Waals surface area contributed by atoms with E-state index in [1.165, 1.54) is 29.2 Å². The zero-order valence-electron chi connectivity index (χ0n) is 8.93. The van der Waals surface area contributed by atoms with Crippen LogP contribution in [0, 0.1) is 0 Å². The molecule has 1 aromatic carbocycles. The maximum absolute atomic E-state index is 4.76. The summed E-state index contributed by atoms with van der Waals surface area (Å²) in [6, 6.07) is 10.4. The van der Waals surface area contributed by atoms with E-state index in [9.17, 15) is 0 Å². The molecule has 1 aliphatic rings. The summed E-state index contributed by atoms with van der Waals surface area (Å²) in [4.78, 5) is 4.76. The van der Waals surface area contributed by atoms with E-state index in [-0.39, 0.29) is 0 Å². The molecule has 3 heteroatoms. The van der Waals surface area contributed by atoms with Gasteiger partial charge in [-0.2, -0.15) is 11.8 Å². The van der Waals surface area contributed by atoms with Crippen molar-refractivity contribution < 1.29 is 0 Å². The molecule has 1 unspecified atom stereocenters. The molecule has 0 bridgehead atoms. The third-order valence-electron chi connectivity index (χ3n) is 2.80. The third-order valence-corrected chi connectivity index (χ3v) is 5.29. The number of thiazole rings is 1. The summed E-state index contributed by atoms with van der Waals surface area (Å²) in [5.74, 6) is 1.30. The van der Waals surface area contributed by atoms with Gasteiger partial charge in [-0.1, -0.05) is 30.3 Å². The predicted molar refractivity (Wildman–Crippen MR) is 72.0 cm³/mol. The van der Waals surface area contributed by atoms with Gasteiger partial charge in [-0.3, -0.25) is 0 Å². The fourth-order valence-corrected chi connectivity index (χ4v) is 4.31. The first-order valence-corrected chi connectivity index (χ1v) is 7.49. The van der Waals surface area contributed by atoms with E-state index in [0.29, 0.717) is 5.25 Å². The van der Waals surface area contributed by atoms with Crippen molar-refractivity contribution in [2.24, 2.45) is 0 Å². The van der Waals surface area contributed by atoms with Crippen molar-refractivity contribution in [3.63, 3.8) is 0 Å². The van der Waals surface area contributed by atoms with Crippen molar-refractivity contribution in [3.05, 3.63) is 40.7 Å². The lowest BCUT2D eigenvalue weighted by Crippen LogP contribution is -1.87. The van der Waals surface area contributed by atoms with Gasteiger partial charge in [0.25, 0.3) is 0 Å². The number of benzene rings is 1. The zero-order valence-corrected chi connectivity index (χ0v) is 10.6. The first kappa shape index (κ1) is 10.4. The molecule has 0 saturated carbocycles. The summed E-state index contributed by atoms with van der Waals surface area (Å²) in [6.45, 7) is 0. The molecule has 0 amide bonds. The van der Waals surface area contributed by atoms with E-state index in [1.807, 2.05) is 17.4 Å². The summed E-state index contributed by atoms with van der Waals surface area (Å²) >= 11 is 3.86. The Morgan fingerprint density at radius 1 is 1.19 bits per heavy atom. The van der Waals surface area contributed by atoms with Gasteiger partial charge < -0.3 is 0 Å². The Hall–Kier alpha value is -0.800. The second kappa shape index (κ2) is 4.60. The smallest absolute Gasteiger partial charge is 0.106 e. The highest BCUT2D eigenvalue weighted by molar-refractivity contribution is 7.99. The Morgan fingerprint density at radius 3 is 2.81 bits per heavy atom. The van der Waals surface area contributed by atoms with Crippen molar-refractivity contribution in [2.45, 2.75) is 18.1 Å². The molecule has 1 aromatic heterocycles. The van der Waals surface area contributed by atoms with Crippen molar-refractivity contribution in [1.29, 1.82) is 0 Å². The van der Waals surface area contributed by atoms with Gasteiger partial charge in [-0.05, 0) is 18.6 Å². The molecule has 1 nitrogen and oxygen atoms in total. The predicted octanol–water partition coefficient (Wildman–Crippen LogP) is 4.38. The lowest BCUT2D eigenvalue weighted by Gasteiger charge is -2.02. The summed E-state index contributed by atoms with van der Waals surface area (Å²) in [5, 5.41) is 4.15. The van der Waals surface area contributed by atoms with E-state index >= 15 is 0 Å². The summed E-state index contributed by atoms with van der Waals surface area (Å²) in [5.41, 5.74) is 2.36. The third kappa shape index (κ3) is 2.02. The Balaban J connectivity index is 1.87. The molecule has 1 saturated heterocycles. The van der Waals surface area contributed by atoms with Gasteiger partial charge in [0, 0.05) is 10.9 Å². The Bertz CT molecular complexity index is 458. The highest BCUT2D eigenvalue weighted by Crippen LogP contribution is 2.41. The molecule has 1 atom stereocenters. The number of hydrogen-bond donors (Lipinski definition) is 0. The molecular weight excluding hydrogens is 234 g/mol. The second-order valence-electron chi connectivity index (χ2n) is 3.94. The van der Waals surface area contributed by atoms with Crippen molar-refractivity contribution in [3.8, 4) is 11.3 Å². The van der Waals surface area contributed by atoms with E-state index in [0.717, 1.165) is 5.69 Å². The van der Waals surface area contributed by atoms with E-state index < -0.39 is 0 Å². The Kier molecular flexibility index (Phi) is 2.98. The van der Waals surface area contributed by atoms with Gasteiger partial charge in [0.1, 0.15) is 5.01 Å². The molecule has 0 spiro atoms. The van der Waals surface area contributed by atoms with Crippen LogP contribution >= 0.6 is 23.1 Å². The number of thioether (sulfide) groups is 1. The lowest BCUT2D eigenvalue weighted by atomic mass is 10.2. The number of aromatic nitrogens is 1. The normalized spacial score (nSPS) is 20.1. The van der Waals surface area contributed by atoms with E-state index in [4.69, 9.17) is 4.98 Å². The minimum atomic E-state index is 0.655. The maximum Gasteiger partial charge on any atom is 0.106 e. The number of hydrogen-bond acceptors (Lipinski definition) is 3. The molecule has 1 fully saturated rings. The monoisotopic (exact) mass is 247 g/mol. The molecule has 0 N–H and O–H groups in total. The van der Waals surface area contributed by atoms with Crippen LogP contribution in [0.3, 0.4) is 0 Å². The van der Waals surface area contributed by atoms with Crippen LogP contribution in [0.5, 0.6) is 0 Å². The molecule has 0 aliphatic carbocycles. The van der Waals surface area contributed by atoms with Gasteiger partial charge in [0.2, 0.25) is 0 Å². The average molecular weight is 247 g/mol. The van der Waals surface area contributed by atoms with E-state index in [2.05, 4.69) is 41.4 Å². The van der Waals surface area contributed by atoms with Gasteiger partial charge in [-0.25, -0.2) is 4.98 Å². The average Bonchev–Trinajstić information content (AvgIpc) is 3.01. The van der Waals surface area contributed by atoms with Gasteiger partial charge in [0.05, 0.1) is 10.9 Å². The number of rotatable bonds is 2. The summed E-state index contributed by atoms with van der Waals surface area (Å²) < 4.78 is 0. The summed E-state index contributed by atoms with van der Waals surface area (Å²) in [6.07, 6.45) is 2.64. The fourth-order valence-electron chi connectivity index (χ4n) is 1.95. The lowest BCUT2D eigenvalue weighted by molar-refractivity contribution is 0.823. The largest absolute Gasteiger partial charge is 0.240 e. The van der Waals surface area contributed by atoms with Gasteiger partial charge >= 0.3 is 0 Å². The molecule has 1 aliphatic heterocycles. The summed E-state index contributed by atoms with van der Waals surface area (Å²) in [7, 11) is 0. The minimum Gasteiger partial charge on any atom is -0.240 e. The van der Waals surface area contributed by atoms with Gasteiger partial charge in [-0.15, -0.1) is 11.3 Å². The Morgan fingerprint density at radius 2 is 2.06 bits per heavy atom. The highest BCUT2D eigenvalue weighted by Gasteiger charge is 2.20. The van der Waals surface area contributed by atoms with Crippen LogP contribution in [0.15, 0.2) is 35.7 Å². The van der Waals surface area contributed by atoms with Crippen molar-refractivity contribution in [2.75, 3.05) is 5.75 Å². The first-order chi connectivity index (χ1) is 7.93. The first-order valence-electron chi connectivity index (χ1n) is 5.56. The Labute approximate surface area is 104 Å². The molecule has 2 heterocycles. The van der Waals surface area contributed by atoms with Crippen molar-refractivity contribution in [1.82, 2.24) is 4.98 Å². The maximum atomic E-state index is 4.76. The molecule has 2 aromatic rings. The van der Waals surface area contributed by atoms with Gasteiger partial charge in [0.15, 0.2) is 0 Å². The van der Waals surface area contributed by atoms with E-state index in [1.54, 1.807) is 0 Å². The van der Waals surface area contributed by atoms with Crippen LogP contribution in [-0.4, -0.2) is 10.7 Å². The van der Waals surface area contributed by atoms with Crippen LogP contribution in [-0.2, 0) is 0 Å². The molecule has 3 rings (SSSR count). The molecule has 0 radical (unpaired) electrons. The number of nitrogens with zero attached hydrogens (tertiary/aromatic N) is 1. The topological polar surface area (TPSA) is 12.9 Å². The van der Waals surface area contributed by atoms with Crippen LogP contribution in [0.4, 0.5) is 0 Å². The zero-order chi connectivity index (χ0) is 10.8. The second-order valence-corrected chi connectivity index (χ2v) is 6.14. The highest BCUT2D eigenvalue weighted by atomic mass is 32.2. The molecule has 16 heavy (non-hydrogen) atoms. The minimum absolute atomic E-state index is 0.655. The SMILES string of the molecule is c1ccc(-c2csc(C3CCCS3)n2)cc1. The van der Waals surface area contributed by atoms with Crippen molar-refractivity contribution >= 4 is 23.1 Å². The van der Waals surface area contributed by atoms with Crippen LogP contribution in [0.25, 0.3) is 11.3 Å².